The lowest BCUT2D eigenvalue weighted by molar-refractivity contribution is 0.388. The summed E-state index contributed by atoms with van der Waals surface area (Å²) in [5.41, 5.74) is 0.594. The van der Waals surface area contributed by atoms with Gasteiger partial charge in [-0.25, -0.2) is 13.1 Å². The normalized spacial score (nSPS) is 12.6. The van der Waals surface area contributed by atoms with Crippen molar-refractivity contribution in [1.82, 2.24) is 10.0 Å². The summed E-state index contributed by atoms with van der Waals surface area (Å²) in [4.78, 5) is 0.339. The van der Waals surface area contributed by atoms with Crippen LogP contribution in [0, 0.1) is 0 Å². The molecule has 1 aromatic carbocycles. The van der Waals surface area contributed by atoms with Crippen molar-refractivity contribution < 1.29 is 8.42 Å². The minimum Gasteiger partial charge on any atom is -0.313 e. The third-order valence-electron chi connectivity index (χ3n) is 3.91. The van der Waals surface area contributed by atoms with E-state index in [4.69, 9.17) is 0 Å². The maximum absolute atomic E-state index is 12.5. The molecule has 0 unspecified atom stereocenters. The molecule has 0 aliphatic rings. The Balaban J connectivity index is 2.90. The summed E-state index contributed by atoms with van der Waals surface area (Å²) in [5.74, 6) is 0. The molecule has 0 spiro atoms. The lowest BCUT2D eigenvalue weighted by atomic mass is 9.98. The molecule has 4 nitrogen and oxygen atoms in total. The third kappa shape index (κ3) is 5.41. The zero-order valence-electron chi connectivity index (χ0n) is 13.6. The molecule has 0 radical (unpaired) electrons. The van der Waals surface area contributed by atoms with Gasteiger partial charge in [-0.15, -0.1) is 0 Å². The van der Waals surface area contributed by atoms with Crippen molar-refractivity contribution in [1.29, 1.82) is 0 Å². The van der Waals surface area contributed by atoms with Gasteiger partial charge in [0.1, 0.15) is 0 Å². The molecule has 0 aliphatic heterocycles. The van der Waals surface area contributed by atoms with Crippen molar-refractivity contribution in [2.75, 3.05) is 6.54 Å². The topological polar surface area (TPSA) is 58.2 Å². The minimum absolute atomic E-state index is 0.339. The van der Waals surface area contributed by atoms with Crippen LogP contribution in [-0.2, 0) is 16.6 Å². The first-order valence-corrected chi connectivity index (χ1v) is 9.19. The Kier molecular flexibility index (Phi) is 6.84. The molecular weight excluding hydrogens is 284 g/mol. The molecule has 2 N–H and O–H groups in total. The summed E-state index contributed by atoms with van der Waals surface area (Å²) < 4.78 is 27.9. The molecular formula is C16H28N2O2S. The second-order valence-corrected chi connectivity index (χ2v) is 7.38. The van der Waals surface area contributed by atoms with Gasteiger partial charge in [-0.1, -0.05) is 32.9 Å². The van der Waals surface area contributed by atoms with Crippen LogP contribution in [0.1, 0.15) is 52.5 Å². The standard InChI is InChI=1S/C16H28N2O2S/c1-5-11-17-13-14-9-8-10-15(12-14)21(19,20)18-16(4,6-2)7-3/h8-10,12,17-18H,5-7,11,13H2,1-4H3. The molecule has 1 aromatic rings. The van der Waals surface area contributed by atoms with Crippen LogP contribution < -0.4 is 10.0 Å². The third-order valence-corrected chi connectivity index (χ3v) is 5.54. The number of hydrogen-bond acceptors (Lipinski definition) is 3. The number of hydrogen-bond donors (Lipinski definition) is 2. The van der Waals surface area contributed by atoms with Crippen LogP contribution in [0.3, 0.4) is 0 Å². The van der Waals surface area contributed by atoms with Gasteiger partial charge < -0.3 is 5.32 Å². The lowest BCUT2D eigenvalue weighted by Gasteiger charge is -2.27. The van der Waals surface area contributed by atoms with Crippen LogP contribution in [-0.4, -0.2) is 20.5 Å². The SMILES string of the molecule is CCCNCc1cccc(S(=O)(=O)NC(C)(CC)CC)c1. The molecule has 0 atom stereocenters. The highest BCUT2D eigenvalue weighted by molar-refractivity contribution is 7.89. The van der Waals surface area contributed by atoms with Crippen molar-refractivity contribution in [3.8, 4) is 0 Å². The lowest BCUT2D eigenvalue weighted by Crippen LogP contribution is -2.44. The van der Waals surface area contributed by atoms with Crippen molar-refractivity contribution in [3.05, 3.63) is 29.8 Å². The molecule has 5 heteroatoms. The number of benzene rings is 1. The molecule has 0 saturated heterocycles. The molecule has 1 rings (SSSR count). The molecule has 120 valence electrons. The molecule has 0 heterocycles. The second-order valence-electron chi connectivity index (χ2n) is 5.70. The molecule has 0 amide bonds. The predicted molar refractivity (Wildman–Crippen MR) is 87.7 cm³/mol. The van der Waals surface area contributed by atoms with Gasteiger partial charge >= 0.3 is 0 Å². The van der Waals surface area contributed by atoms with Crippen LogP contribution in [0.2, 0.25) is 0 Å². The summed E-state index contributed by atoms with van der Waals surface area (Å²) in [6.45, 7) is 9.66. The first kappa shape index (κ1) is 18.1. The average Bonchev–Trinajstić information content (AvgIpc) is 2.47. The van der Waals surface area contributed by atoms with Gasteiger partial charge in [0.2, 0.25) is 10.0 Å². The van der Waals surface area contributed by atoms with Crippen LogP contribution in [0.4, 0.5) is 0 Å². The van der Waals surface area contributed by atoms with E-state index >= 15 is 0 Å². The maximum Gasteiger partial charge on any atom is 0.241 e. The summed E-state index contributed by atoms with van der Waals surface area (Å²) >= 11 is 0. The average molecular weight is 312 g/mol. The predicted octanol–water partition coefficient (Wildman–Crippen LogP) is 3.04. The number of rotatable bonds is 9. The largest absolute Gasteiger partial charge is 0.313 e. The van der Waals surface area contributed by atoms with E-state index in [1.165, 1.54) is 0 Å². The molecule has 0 aromatic heterocycles. The van der Waals surface area contributed by atoms with E-state index in [0.29, 0.717) is 11.4 Å². The number of nitrogens with one attached hydrogen (secondary N) is 2. The second kappa shape index (κ2) is 7.92. The van der Waals surface area contributed by atoms with E-state index < -0.39 is 15.6 Å². The fraction of sp³-hybridized carbons (Fsp3) is 0.625. The fourth-order valence-corrected chi connectivity index (χ4v) is 3.63. The Morgan fingerprint density at radius 3 is 2.38 bits per heavy atom. The Morgan fingerprint density at radius 2 is 1.81 bits per heavy atom. The molecule has 21 heavy (non-hydrogen) atoms. The molecule has 0 saturated carbocycles. The van der Waals surface area contributed by atoms with E-state index in [9.17, 15) is 8.42 Å². The van der Waals surface area contributed by atoms with Gasteiger partial charge in [-0.2, -0.15) is 0 Å². The van der Waals surface area contributed by atoms with E-state index in [1.807, 2.05) is 26.8 Å². The Hall–Kier alpha value is -0.910. The summed E-state index contributed by atoms with van der Waals surface area (Å²) in [6.07, 6.45) is 2.59. The summed E-state index contributed by atoms with van der Waals surface area (Å²) in [6, 6.07) is 7.14. The fourth-order valence-electron chi connectivity index (χ4n) is 2.01. The van der Waals surface area contributed by atoms with Gasteiger partial charge in [0.15, 0.2) is 0 Å². The zero-order valence-corrected chi connectivity index (χ0v) is 14.4. The van der Waals surface area contributed by atoms with E-state index in [-0.39, 0.29) is 0 Å². The van der Waals surface area contributed by atoms with Gasteiger partial charge in [0.05, 0.1) is 4.90 Å². The Labute approximate surface area is 129 Å². The van der Waals surface area contributed by atoms with Gasteiger partial charge in [0, 0.05) is 12.1 Å². The van der Waals surface area contributed by atoms with Gasteiger partial charge in [-0.05, 0) is 50.4 Å². The molecule has 0 bridgehead atoms. The molecule has 0 aliphatic carbocycles. The highest BCUT2D eigenvalue weighted by Gasteiger charge is 2.27. The maximum atomic E-state index is 12.5. The van der Waals surface area contributed by atoms with E-state index in [2.05, 4.69) is 17.0 Å². The van der Waals surface area contributed by atoms with Crippen molar-refractivity contribution in [2.45, 2.75) is 63.9 Å². The van der Waals surface area contributed by atoms with Crippen molar-refractivity contribution >= 4 is 10.0 Å². The van der Waals surface area contributed by atoms with E-state index in [0.717, 1.165) is 31.4 Å². The quantitative estimate of drug-likeness (QED) is 0.689. The Bertz CT molecular complexity index is 537. The van der Waals surface area contributed by atoms with Gasteiger partial charge in [-0.3, -0.25) is 0 Å². The van der Waals surface area contributed by atoms with Crippen molar-refractivity contribution in [3.63, 3.8) is 0 Å². The zero-order chi connectivity index (χ0) is 15.9. The Morgan fingerprint density at radius 1 is 1.14 bits per heavy atom. The number of sulfonamides is 1. The summed E-state index contributed by atoms with van der Waals surface area (Å²) in [5, 5.41) is 3.29. The highest BCUT2D eigenvalue weighted by atomic mass is 32.2. The van der Waals surface area contributed by atoms with Crippen molar-refractivity contribution in [2.24, 2.45) is 0 Å². The van der Waals surface area contributed by atoms with Crippen LogP contribution in [0.25, 0.3) is 0 Å². The first-order valence-electron chi connectivity index (χ1n) is 7.70. The minimum atomic E-state index is -3.47. The van der Waals surface area contributed by atoms with E-state index in [1.54, 1.807) is 18.2 Å². The van der Waals surface area contributed by atoms with Gasteiger partial charge in [0.25, 0.3) is 0 Å². The summed E-state index contributed by atoms with van der Waals surface area (Å²) in [7, 11) is -3.47. The molecule has 0 fully saturated rings. The first-order chi connectivity index (χ1) is 9.87. The van der Waals surface area contributed by atoms with Crippen LogP contribution >= 0.6 is 0 Å². The highest BCUT2D eigenvalue weighted by Crippen LogP contribution is 2.19. The smallest absolute Gasteiger partial charge is 0.241 e. The van der Waals surface area contributed by atoms with Crippen LogP contribution in [0.15, 0.2) is 29.2 Å². The monoisotopic (exact) mass is 312 g/mol. The van der Waals surface area contributed by atoms with Crippen LogP contribution in [0.5, 0.6) is 0 Å².